The molecule has 4 heteroatoms. The Kier molecular flexibility index (Phi) is 4.62. The molecular formula is C19H21N3O. The predicted molar refractivity (Wildman–Crippen MR) is 94.9 cm³/mol. The lowest BCUT2D eigenvalue weighted by Gasteiger charge is -2.10. The molecule has 0 radical (unpaired) electrons. The fourth-order valence-corrected chi connectivity index (χ4v) is 2.77. The van der Waals surface area contributed by atoms with E-state index in [4.69, 9.17) is 0 Å². The number of para-hydroxylation sites is 2. The van der Waals surface area contributed by atoms with E-state index in [1.807, 2.05) is 49.5 Å². The Bertz CT molecular complexity index is 807. The van der Waals surface area contributed by atoms with Crippen molar-refractivity contribution >= 4 is 22.5 Å². The Labute approximate surface area is 135 Å². The fourth-order valence-electron chi connectivity index (χ4n) is 2.77. The van der Waals surface area contributed by atoms with Gasteiger partial charge in [-0.05, 0) is 37.1 Å². The Morgan fingerprint density at radius 3 is 2.74 bits per heavy atom. The molecule has 0 atom stereocenters. The van der Waals surface area contributed by atoms with Gasteiger partial charge in [-0.2, -0.15) is 0 Å². The topological polar surface area (TPSA) is 56.9 Å². The number of hydrogen-bond donors (Lipinski definition) is 3. The monoisotopic (exact) mass is 307 g/mol. The maximum atomic E-state index is 12.4. The molecule has 3 N–H and O–H groups in total. The second-order valence-corrected chi connectivity index (χ2v) is 5.44. The van der Waals surface area contributed by atoms with Crippen molar-refractivity contribution in [2.45, 2.75) is 13.3 Å². The number of rotatable bonds is 6. The molecule has 0 bridgehead atoms. The molecule has 3 rings (SSSR count). The molecule has 118 valence electrons. The zero-order chi connectivity index (χ0) is 16.1. The third-order valence-corrected chi connectivity index (χ3v) is 3.89. The number of nitrogens with one attached hydrogen (secondary N) is 3. The van der Waals surface area contributed by atoms with Gasteiger partial charge in [0.15, 0.2) is 0 Å². The first kappa shape index (κ1) is 15.2. The van der Waals surface area contributed by atoms with Gasteiger partial charge >= 0.3 is 0 Å². The molecule has 0 unspecified atom stereocenters. The molecule has 0 spiro atoms. The number of carbonyl (C=O) groups is 1. The Morgan fingerprint density at radius 1 is 1.09 bits per heavy atom. The average Bonchev–Trinajstić information content (AvgIpc) is 2.99. The van der Waals surface area contributed by atoms with Crippen LogP contribution in [0.3, 0.4) is 0 Å². The molecule has 0 saturated carbocycles. The molecule has 4 nitrogen and oxygen atoms in total. The summed E-state index contributed by atoms with van der Waals surface area (Å²) in [6.07, 6.45) is 2.82. The van der Waals surface area contributed by atoms with Crippen LogP contribution in [0.25, 0.3) is 10.9 Å². The summed E-state index contributed by atoms with van der Waals surface area (Å²) in [5, 5.41) is 7.44. The number of aromatic nitrogens is 1. The van der Waals surface area contributed by atoms with E-state index in [9.17, 15) is 4.79 Å². The van der Waals surface area contributed by atoms with E-state index in [2.05, 4.69) is 27.8 Å². The van der Waals surface area contributed by atoms with Crippen molar-refractivity contribution in [3.8, 4) is 0 Å². The van der Waals surface area contributed by atoms with Gasteiger partial charge in [-0.3, -0.25) is 4.79 Å². The molecular weight excluding hydrogens is 286 g/mol. The summed E-state index contributed by atoms with van der Waals surface area (Å²) in [7, 11) is 0. The second-order valence-electron chi connectivity index (χ2n) is 5.44. The zero-order valence-electron chi connectivity index (χ0n) is 13.2. The van der Waals surface area contributed by atoms with Crippen LogP contribution >= 0.6 is 0 Å². The number of benzene rings is 2. The van der Waals surface area contributed by atoms with Crippen LogP contribution in [-0.2, 0) is 6.42 Å². The molecule has 0 saturated heterocycles. The number of H-pyrrole nitrogens is 1. The van der Waals surface area contributed by atoms with E-state index in [0.29, 0.717) is 12.1 Å². The van der Waals surface area contributed by atoms with E-state index >= 15 is 0 Å². The predicted octanol–water partition coefficient (Wildman–Crippen LogP) is 3.57. The summed E-state index contributed by atoms with van der Waals surface area (Å²) < 4.78 is 0. The number of carbonyl (C=O) groups excluding carboxylic acids is 1. The van der Waals surface area contributed by atoms with E-state index in [1.54, 1.807) is 0 Å². The molecule has 0 aliphatic rings. The van der Waals surface area contributed by atoms with Gasteiger partial charge in [0.2, 0.25) is 0 Å². The minimum Gasteiger partial charge on any atom is -0.385 e. The van der Waals surface area contributed by atoms with Gasteiger partial charge in [-0.15, -0.1) is 0 Å². The van der Waals surface area contributed by atoms with E-state index in [0.717, 1.165) is 24.2 Å². The zero-order valence-corrected chi connectivity index (χ0v) is 13.2. The summed E-state index contributed by atoms with van der Waals surface area (Å²) in [4.78, 5) is 15.6. The highest BCUT2D eigenvalue weighted by atomic mass is 16.1. The first-order valence-electron chi connectivity index (χ1n) is 7.95. The highest BCUT2D eigenvalue weighted by Gasteiger charge is 2.10. The standard InChI is InChI=1S/C19H21N3O/c1-2-20-18-10-6-4-8-16(18)19(23)21-12-11-14-13-22-17-9-5-3-7-15(14)17/h3-10,13,20,22H,2,11-12H2,1H3,(H,21,23). The lowest BCUT2D eigenvalue weighted by Crippen LogP contribution is -2.26. The van der Waals surface area contributed by atoms with E-state index in [1.165, 1.54) is 10.9 Å². The summed E-state index contributed by atoms with van der Waals surface area (Å²) in [5.74, 6) is -0.0404. The van der Waals surface area contributed by atoms with Crippen LogP contribution in [0.1, 0.15) is 22.8 Å². The lowest BCUT2D eigenvalue weighted by molar-refractivity contribution is 0.0955. The first-order valence-corrected chi connectivity index (χ1v) is 7.95. The van der Waals surface area contributed by atoms with Gasteiger partial charge in [0.1, 0.15) is 0 Å². The van der Waals surface area contributed by atoms with Gasteiger partial charge in [-0.1, -0.05) is 30.3 Å². The molecule has 0 aliphatic heterocycles. The summed E-state index contributed by atoms with van der Waals surface area (Å²) in [6, 6.07) is 15.8. The van der Waals surface area contributed by atoms with E-state index in [-0.39, 0.29) is 5.91 Å². The van der Waals surface area contributed by atoms with Crippen molar-refractivity contribution in [3.63, 3.8) is 0 Å². The second kappa shape index (κ2) is 7.01. The summed E-state index contributed by atoms with van der Waals surface area (Å²) in [5.41, 5.74) is 3.92. The first-order chi connectivity index (χ1) is 11.3. The summed E-state index contributed by atoms with van der Waals surface area (Å²) in [6.45, 7) is 3.42. The van der Waals surface area contributed by atoms with Gasteiger partial charge in [0.25, 0.3) is 5.91 Å². The molecule has 0 fully saturated rings. The SMILES string of the molecule is CCNc1ccccc1C(=O)NCCc1c[nH]c2ccccc12. The van der Waals surface area contributed by atoms with Crippen LogP contribution in [0, 0.1) is 0 Å². The van der Waals surface area contributed by atoms with E-state index < -0.39 is 0 Å². The Hall–Kier alpha value is -2.75. The molecule has 0 aliphatic carbocycles. The molecule has 23 heavy (non-hydrogen) atoms. The van der Waals surface area contributed by atoms with Crippen molar-refractivity contribution in [2.75, 3.05) is 18.4 Å². The van der Waals surface area contributed by atoms with Crippen molar-refractivity contribution in [2.24, 2.45) is 0 Å². The number of aromatic amines is 1. The molecule has 3 aromatic rings. The number of anilines is 1. The normalized spacial score (nSPS) is 10.7. The van der Waals surface area contributed by atoms with Gasteiger partial charge in [0.05, 0.1) is 5.56 Å². The molecule has 2 aromatic carbocycles. The smallest absolute Gasteiger partial charge is 0.253 e. The molecule has 1 aromatic heterocycles. The largest absolute Gasteiger partial charge is 0.385 e. The van der Waals surface area contributed by atoms with Crippen LogP contribution in [0.4, 0.5) is 5.69 Å². The van der Waals surface area contributed by atoms with Crippen LogP contribution in [-0.4, -0.2) is 24.0 Å². The number of amides is 1. The maximum Gasteiger partial charge on any atom is 0.253 e. The maximum absolute atomic E-state index is 12.4. The third-order valence-electron chi connectivity index (χ3n) is 3.89. The van der Waals surface area contributed by atoms with Crippen LogP contribution in [0.15, 0.2) is 54.7 Å². The van der Waals surface area contributed by atoms with Gasteiger partial charge < -0.3 is 15.6 Å². The van der Waals surface area contributed by atoms with Crippen molar-refractivity contribution < 1.29 is 4.79 Å². The Morgan fingerprint density at radius 2 is 1.87 bits per heavy atom. The van der Waals surface area contributed by atoms with Crippen LogP contribution in [0.2, 0.25) is 0 Å². The van der Waals surface area contributed by atoms with Crippen molar-refractivity contribution in [1.82, 2.24) is 10.3 Å². The highest BCUT2D eigenvalue weighted by Crippen LogP contribution is 2.18. The Balaban J connectivity index is 1.63. The van der Waals surface area contributed by atoms with Crippen LogP contribution in [0.5, 0.6) is 0 Å². The third kappa shape index (κ3) is 3.37. The lowest BCUT2D eigenvalue weighted by atomic mass is 10.1. The quantitative estimate of drug-likeness (QED) is 0.652. The van der Waals surface area contributed by atoms with Crippen LogP contribution < -0.4 is 10.6 Å². The number of fused-ring (bicyclic) bond motifs is 1. The molecule has 1 amide bonds. The van der Waals surface area contributed by atoms with Gasteiger partial charge in [0, 0.05) is 35.9 Å². The van der Waals surface area contributed by atoms with Gasteiger partial charge in [-0.25, -0.2) is 0 Å². The molecule has 1 heterocycles. The average molecular weight is 307 g/mol. The fraction of sp³-hybridized carbons (Fsp3) is 0.211. The summed E-state index contributed by atoms with van der Waals surface area (Å²) >= 11 is 0. The minimum absolute atomic E-state index is 0.0404. The minimum atomic E-state index is -0.0404. The van der Waals surface area contributed by atoms with Crippen molar-refractivity contribution in [3.05, 3.63) is 65.9 Å². The highest BCUT2D eigenvalue weighted by molar-refractivity contribution is 5.99. The number of hydrogen-bond acceptors (Lipinski definition) is 2. The van der Waals surface area contributed by atoms with Crippen molar-refractivity contribution in [1.29, 1.82) is 0 Å².